The molecule has 0 fully saturated rings. The predicted molar refractivity (Wildman–Crippen MR) is 92.3 cm³/mol. The zero-order valence-corrected chi connectivity index (χ0v) is 14.6. The smallest absolute Gasteiger partial charge is 0.0724 e. The van der Waals surface area contributed by atoms with Crippen molar-refractivity contribution in [2.24, 2.45) is 0 Å². The molecule has 0 radical (unpaired) electrons. The second-order valence-electron chi connectivity index (χ2n) is 4.40. The SMILES string of the molecule is CCC(Nc1c(Cl)cc(Cl)cc1Cl)c1ccc(Br)cc1. The van der Waals surface area contributed by atoms with Crippen molar-refractivity contribution in [3.05, 3.63) is 61.5 Å². The molecule has 1 unspecified atom stereocenters. The van der Waals surface area contributed by atoms with E-state index in [-0.39, 0.29) is 6.04 Å². The molecule has 0 saturated carbocycles. The molecule has 0 aliphatic rings. The lowest BCUT2D eigenvalue weighted by Gasteiger charge is -2.21. The van der Waals surface area contributed by atoms with Gasteiger partial charge in [-0.3, -0.25) is 0 Å². The summed E-state index contributed by atoms with van der Waals surface area (Å²) in [6, 6.07) is 11.7. The second-order valence-corrected chi connectivity index (χ2v) is 6.57. The molecule has 0 aromatic heterocycles. The Balaban J connectivity index is 2.29. The molecule has 1 N–H and O–H groups in total. The normalized spacial score (nSPS) is 12.2. The third-order valence-corrected chi connectivity index (χ3v) is 4.35. The molecule has 20 heavy (non-hydrogen) atoms. The summed E-state index contributed by atoms with van der Waals surface area (Å²) in [7, 11) is 0. The Bertz CT molecular complexity index is 576. The van der Waals surface area contributed by atoms with Crippen LogP contribution in [0.1, 0.15) is 24.9 Å². The van der Waals surface area contributed by atoms with Gasteiger partial charge >= 0.3 is 0 Å². The van der Waals surface area contributed by atoms with Crippen LogP contribution in [-0.4, -0.2) is 0 Å². The molecule has 5 heteroatoms. The first kappa shape index (κ1) is 16.0. The van der Waals surface area contributed by atoms with Crippen LogP contribution >= 0.6 is 50.7 Å². The van der Waals surface area contributed by atoms with Crippen LogP contribution in [0.15, 0.2) is 40.9 Å². The van der Waals surface area contributed by atoms with Gasteiger partial charge in [-0.15, -0.1) is 0 Å². The number of rotatable bonds is 4. The summed E-state index contributed by atoms with van der Waals surface area (Å²) in [4.78, 5) is 0. The summed E-state index contributed by atoms with van der Waals surface area (Å²) in [5, 5.41) is 4.97. The Morgan fingerprint density at radius 2 is 1.60 bits per heavy atom. The van der Waals surface area contributed by atoms with Crippen molar-refractivity contribution < 1.29 is 0 Å². The standard InChI is InChI=1S/C15H13BrCl3N/c1-2-14(9-3-5-10(16)6-4-9)20-15-12(18)7-11(17)8-13(15)19/h3-8,14,20H,2H2,1H3. The molecule has 0 amide bonds. The molecule has 0 spiro atoms. The minimum atomic E-state index is 0.138. The number of benzene rings is 2. The van der Waals surface area contributed by atoms with Gasteiger partial charge in [0.25, 0.3) is 0 Å². The Hall–Kier alpha value is -0.410. The van der Waals surface area contributed by atoms with Crippen molar-refractivity contribution >= 4 is 56.4 Å². The maximum absolute atomic E-state index is 6.21. The van der Waals surface area contributed by atoms with E-state index in [9.17, 15) is 0 Å². The fraction of sp³-hybridized carbons (Fsp3) is 0.200. The van der Waals surface area contributed by atoms with Crippen LogP contribution in [0.3, 0.4) is 0 Å². The largest absolute Gasteiger partial charge is 0.376 e. The van der Waals surface area contributed by atoms with E-state index in [1.807, 2.05) is 12.1 Å². The van der Waals surface area contributed by atoms with Crippen molar-refractivity contribution in [1.82, 2.24) is 0 Å². The van der Waals surface area contributed by atoms with Crippen molar-refractivity contribution in [3.8, 4) is 0 Å². The molecule has 0 aliphatic carbocycles. The van der Waals surface area contributed by atoms with Gasteiger partial charge in [0.1, 0.15) is 0 Å². The first-order valence-electron chi connectivity index (χ1n) is 6.17. The van der Waals surface area contributed by atoms with Gasteiger partial charge in [-0.25, -0.2) is 0 Å². The quantitative estimate of drug-likeness (QED) is 0.591. The minimum Gasteiger partial charge on any atom is -0.376 e. The predicted octanol–water partition coefficient (Wildman–Crippen LogP) is 6.97. The summed E-state index contributed by atoms with van der Waals surface area (Å²) in [5.74, 6) is 0. The third-order valence-electron chi connectivity index (χ3n) is 3.01. The Morgan fingerprint density at radius 1 is 1.05 bits per heavy atom. The number of hydrogen-bond acceptors (Lipinski definition) is 1. The summed E-state index contributed by atoms with van der Waals surface area (Å²) in [5.41, 5.74) is 1.89. The molecule has 0 saturated heterocycles. The van der Waals surface area contributed by atoms with Gasteiger partial charge in [0, 0.05) is 9.50 Å². The van der Waals surface area contributed by atoms with Gasteiger partial charge in [-0.05, 0) is 36.2 Å². The fourth-order valence-electron chi connectivity index (χ4n) is 1.97. The molecule has 106 valence electrons. The van der Waals surface area contributed by atoms with Gasteiger partial charge in [0.15, 0.2) is 0 Å². The monoisotopic (exact) mass is 391 g/mol. The van der Waals surface area contributed by atoms with Gasteiger partial charge < -0.3 is 5.32 Å². The molecule has 2 rings (SSSR count). The highest BCUT2D eigenvalue weighted by Crippen LogP contribution is 2.36. The number of halogens is 4. The van der Waals surface area contributed by atoms with Crippen molar-refractivity contribution in [1.29, 1.82) is 0 Å². The van der Waals surface area contributed by atoms with Crippen LogP contribution in [0.5, 0.6) is 0 Å². The lowest BCUT2D eigenvalue weighted by Crippen LogP contribution is -2.10. The minimum absolute atomic E-state index is 0.138. The fourth-order valence-corrected chi connectivity index (χ4v) is 3.16. The highest BCUT2D eigenvalue weighted by atomic mass is 79.9. The molecular weight excluding hydrogens is 380 g/mol. The molecular formula is C15H13BrCl3N. The number of hydrogen-bond donors (Lipinski definition) is 1. The first-order valence-corrected chi connectivity index (χ1v) is 8.10. The van der Waals surface area contributed by atoms with Crippen LogP contribution in [0.2, 0.25) is 15.1 Å². The average molecular weight is 394 g/mol. The van der Waals surface area contributed by atoms with Gasteiger partial charge in [-0.1, -0.05) is 69.8 Å². The Labute approximate surface area is 142 Å². The average Bonchev–Trinajstić information content (AvgIpc) is 2.39. The lowest BCUT2D eigenvalue weighted by molar-refractivity contribution is 0.749. The van der Waals surface area contributed by atoms with Crippen molar-refractivity contribution in [2.75, 3.05) is 5.32 Å². The van der Waals surface area contributed by atoms with Crippen LogP contribution in [0.25, 0.3) is 0 Å². The Kier molecular flexibility index (Phi) is 5.62. The molecule has 2 aromatic rings. The van der Waals surface area contributed by atoms with E-state index in [2.05, 4.69) is 40.3 Å². The summed E-state index contributed by atoms with van der Waals surface area (Å²) in [6.07, 6.45) is 0.914. The van der Waals surface area contributed by atoms with E-state index in [0.29, 0.717) is 20.8 Å². The topological polar surface area (TPSA) is 12.0 Å². The highest BCUT2D eigenvalue weighted by Gasteiger charge is 2.14. The van der Waals surface area contributed by atoms with E-state index < -0.39 is 0 Å². The molecule has 2 aromatic carbocycles. The van der Waals surface area contributed by atoms with Crippen LogP contribution < -0.4 is 5.32 Å². The van der Waals surface area contributed by atoms with Gasteiger partial charge in [-0.2, -0.15) is 0 Å². The Morgan fingerprint density at radius 3 is 2.10 bits per heavy atom. The van der Waals surface area contributed by atoms with Crippen LogP contribution in [0, 0.1) is 0 Å². The third kappa shape index (κ3) is 3.82. The molecule has 0 bridgehead atoms. The van der Waals surface area contributed by atoms with E-state index in [0.717, 1.165) is 10.9 Å². The first-order chi connectivity index (χ1) is 9.51. The molecule has 1 atom stereocenters. The van der Waals surface area contributed by atoms with Crippen molar-refractivity contribution in [3.63, 3.8) is 0 Å². The zero-order valence-electron chi connectivity index (χ0n) is 10.8. The molecule has 0 aliphatic heterocycles. The van der Waals surface area contributed by atoms with Crippen LogP contribution in [-0.2, 0) is 0 Å². The maximum atomic E-state index is 6.21. The second kappa shape index (κ2) is 7.04. The summed E-state index contributed by atoms with van der Waals surface area (Å²) < 4.78 is 1.05. The molecule has 1 nitrogen and oxygen atoms in total. The highest BCUT2D eigenvalue weighted by molar-refractivity contribution is 9.10. The van der Waals surface area contributed by atoms with E-state index in [4.69, 9.17) is 34.8 Å². The molecule has 0 heterocycles. The maximum Gasteiger partial charge on any atom is 0.0724 e. The summed E-state index contributed by atoms with van der Waals surface area (Å²) >= 11 is 21.8. The van der Waals surface area contributed by atoms with Crippen molar-refractivity contribution in [2.45, 2.75) is 19.4 Å². The van der Waals surface area contributed by atoms with E-state index in [1.165, 1.54) is 5.56 Å². The lowest BCUT2D eigenvalue weighted by atomic mass is 10.0. The van der Waals surface area contributed by atoms with Crippen LogP contribution in [0.4, 0.5) is 5.69 Å². The van der Waals surface area contributed by atoms with Gasteiger partial charge in [0.05, 0.1) is 21.8 Å². The zero-order chi connectivity index (χ0) is 14.7. The van der Waals surface area contributed by atoms with Gasteiger partial charge in [0.2, 0.25) is 0 Å². The number of anilines is 1. The number of nitrogens with one attached hydrogen (secondary N) is 1. The van der Waals surface area contributed by atoms with E-state index >= 15 is 0 Å². The van der Waals surface area contributed by atoms with E-state index in [1.54, 1.807) is 12.1 Å². The summed E-state index contributed by atoms with van der Waals surface area (Å²) in [6.45, 7) is 2.11.